The molecule has 0 saturated carbocycles. The maximum Gasteiger partial charge on any atom is 0.340 e. The molecule has 4 heteroatoms. The number of carbonyl (C=O) groups is 1. The van der Waals surface area contributed by atoms with Gasteiger partial charge in [-0.1, -0.05) is 54.1 Å². The van der Waals surface area contributed by atoms with Crippen molar-refractivity contribution in [3.63, 3.8) is 0 Å². The van der Waals surface area contributed by atoms with Gasteiger partial charge in [-0.3, -0.25) is 0 Å². The molecule has 0 aliphatic heterocycles. The van der Waals surface area contributed by atoms with E-state index in [1.807, 2.05) is 66.9 Å². The van der Waals surface area contributed by atoms with Crippen LogP contribution in [0.2, 0.25) is 5.02 Å². The third kappa shape index (κ3) is 3.31. The zero-order valence-corrected chi connectivity index (χ0v) is 14.2. The molecule has 116 valence electrons. The van der Waals surface area contributed by atoms with Gasteiger partial charge in [-0.05, 0) is 30.2 Å². The van der Waals surface area contributed by atoms with Gasteiger partial charge in [-0.25, -0.2) is 4.79 Å². The second-order valence-corrected chi connectivity index (χ2v) is 6.26. The van der Waals surface area contributed by atoms with Crippen LogP contribution in [0.3, 0.4) is 0 Å². The number of ether oxygens (including phenoxy) is 1. The average Bonchev–Trinajstić information content (AvgIpc) is 3.01. The molecule has 0 spiro atoms. The van der Waals surface area contributed by atoms with E-state index in [0.717, 1.165) is 21.6 Å². The molecule has 3 rings (SSSR count). The summed E-state index contributed by atoms with van der Waals surface area (Å²) in [6, 6.07) is 17.4. The number of rotatable bonds is 4. The highest BCUT2D eigenvalue weighted by Crippen LogP contribution is 2.39. The Morgan fingerprint density at radius 1 is 1.04 bits per heavy atom. The molecule has 0 amide bonds. The van der Waals surface area contributed by atoms with Crippen LogP contribution < -0.4 is 0 Å². The molecule has 0 unspecified atom stereocenters. The molecule has 2 nitrogen and oxygen atoms in total. The molecule has 0 atom stereocenters. The van der Waals surface area contributed by atoms with E-state index >= 15 is 0 Å². The van der Waals surface area contributed by atoms with E-state index in [2.05, 4.69) is 0 Å². The Labute approximate surface area is 144 Å². The summed E-state index contributed by atoms with van der Waals surface area (Å²) in [5.74, 6) is -0.294. The summed E-state index contributed by atoms with van der Waals surface area (Å²) in [7, 11) is 0. The summed E-state index contributed by atoms with van der Waals surface area (Å²) in [5, 5.41) is 2.67. The lowest BCUT2D eigenvalue weighted by Gasteiger charge is -2.08. The lowest BCUT2D eigenvalue weighted by molar-refractivity contribution is 0.0528. The predicted octanol–water partition coefficient (Wildman–Crippen LogP) is 5.91. The Bertz CT molecular complexity index is 807. The largest absolute Gasteiger partial charge is 0.462 e. The number of carbonyl (C=O) groups excluding carboxylic acids is 1. The first-order valence-corrected chi connectivity index (χ1v) is 8.56. The molecule has 1 heterocycles. The predicted molar refractivity (Wildman–Crippen MR) is 96.2 cm³/mol. The Kier molecular flexibility index (Phi) is 4.79. The van der Waals surface area contributed by atoms with Crippen LogP contribution in [0.15, 0.2) is 60.0 Å². The third-order valence-corrected chi connectivity index (χ3v) is 4.74. The van der Waals surface area contributed by atoms with E-state index in [9.17, 15) is 4.79 Å². The van der Waals surface area contributed by atoms with Crippen LogP contribution in [0.1, 0.15) is 17.3 Å². The van der Waals surface area contributed by atoms with Crippen molar-refractivity contribution in [1.82, 2.24) is 0 Å². The van der Waals surface area contributed by atoms with Crippen LogP contribution in [0.5, 0.6) is 0 Å². The summed E-state index contributed by atoms with van der Waals surface area (Å²) in [4.78, 5) is 13.4. The fourth-order valence-corrected chi connectivity index (χ4v) is 3.61. The number of halogens is 1. The van der Waals surface area contributed by atoms with Crippen molar-refractivity contribution in [2.24, 2.45) is 0 Å². The normalized spacial score (nSPS) is 10.5. The van der Waals surface area contributed by atoms with Gasteiger partial charge >= 0.3 is 5.97 Å². The van der Waals surface area contributed by atoms with E-state index in [0.29, 0.717) is 17.2 Å². The highest BCUT2D eigenvalue weighted by atomic mass is 35.5. The lowest BCUT2D eigenvalue weighted by Crippen LogP contribution is -2.06. The molecule has 0 aliphatic rings. The Morgan fingerprint density at radius 2 is 1.74 bits per heavy atom. The molecule has 0 fully saturated rings. The zero-order chi connectivity index (χ0) is 16.2. The summed E-state index contributed by atoms with van der Waals surface area (Å²) < 4.78 is 5.28. The standard InChI is InChI=1S/C19H15ClO2S/c1-2-22-19(21)17-16(13-8-10-15(20)11-9-13)12-23-18(17)14-6-4-3-5-7-14/h3-12H,2H2,1H3. The van der Waals surface area contributed by atoms with Gasteiger partial charge in [0.25, 0.3) is 0 Å². The highest BCUT2D eigenvalue weighted by Gasteiger charge is 2.22. The maximum atomic E-state index is 12.5. The van der Waals surface area contributed by atoms with E-state index in [1.54, 1.807) is 11.3 Å². The minimum absolute atomic E-state index is 0.294. The molecule has 2 aromatic carbocycles. The summed E-state index contributed by atoms with van der Waals surface area (Å²) in [6.45, 7) is 2.16. The highest BCUT2D eigenvalue weighted by molar-refractivity contribution is 7.14. The molecular weight excluding hydrogens is 328 g/mol. The molecular formula is C19H15ClO2S. The molecule has 0 saturated heterocycles. The van der Waals surface area contributed by atoms with Gasteiger partial charge in [0.1, 0.15) is 0 Å². The van der Waals surface area contributed by atoms with Gasteiger partial charge in [0.15, 0.2) is 0 Å². The van der Waals surface area contributed by atoms with Crippen molar-refractivity contribution < 1.29 is 9.53 Å². The first kappa shape index (κ1) is 15.8. The van der Waals surface area contributed by atoms with Crippen molar-refractivity contribution in [3.8, 4) is 21.6 Å². The molecule has 3 aromatic rings. The van der Waals surface area contributed by atoms with Crippen molar-refractivity contribution >= 4 is 28.9 Å². The quantitative estimate of drug-likeness (QED) is 0.551. The SMILES string of the molecule is CCOC(=O)c1c(-c2ccc(Cl)cc2)csc1-c1ccccc1. The Balaban J connectivity index is 2.15. The van der Waals surface area contributed by atoms with E-state index in [1.165, 1.54) is 0 Å². The van der Waals surface area contributed by atoms with Gasteiger partial charge in [-0.2, -0.15) is 0 Å². The number of esters is 1. The van der Waals surface area contributed by atoms with Crippen LogP contribution in [0.25, 0.3) is 21.6 Å². The second-order valence-electron chi connectivity index (χ2n) is 4.95. The van der Waals surface area contributed by atoms with Crippen molar-refractivity contribution in [2.45, 2.75) is 6.92 Å². The fourth-order valence-electron chi connectivity index (χ4n) is 2.41. The van der Waals surface area contributed by atoms with Crippen molar-refractivity contribution in [1.29, 1.82) is 0 Å². The maximum absolute atomic E-state index is 12.5. The molecule has 0 radical (unpaired) electrons. The fraction of sp³-hybridized carbons (Fsp3) is 0.105. The Hall–Kier alpha value is -2.10. The zero-order valence-electron chi connectivity index (χ0n) is 12.6. The monoisotopic (exact) mass is 342 g/mol. The van der Waals surface area contributed by atoms with E-state index in [-0.39, 0.29) is 5.97 Å². The van der Waals surface area contributed by atoms with Gasteiger partial charge in [0, 0.05) is 20.8 Å². The average molecular weight is 343 g/mol. The van der Waals surface area contributed by atoms with Gasteiger partial charge in [0.05, 0.1) is 12.2 Å². The molecule has 0 N–H and O–H groups in total. The first-order valence-electron chi connectivity index (χ1n) is 7.30. The lowest BCUT2D eigenvalue weighted by atomic mass is 10.0. The van der Waals surface area contributed by atoms with Crippen LogP contribution in [-0.2, 0) is 4.74 Å². The second kappa shape index (κ2) is 6.99. The number of hydrogen-bond acceptors (Lipinski definition) is 3. The minimum atomic E-state index is -0.294. The summed E-state index contributed by atoms with van der Waals surface area (Å²) >= 11 is 7.51. The van der Waals surface area contributed by atoms with Gasteiger partial charge < -0.3 is 4.74 Å². The number of hydrogen-bond donors (Lipinski definition) is 0. The van der Waals surface area contributed by atoms with Crippen LogP contribution >= 0.6 is 22.9 Å². The van der Waals surface area contributed by atoms with Gasteiger partial charge in [0.2, 0.25) is 0 Å². The number of benzene rings is 2. The van der Waals surface area contributed by atoms with Crippen LogP contribution in [0, 0.1) is 0 Å². The van der Waals surface area contributed by atoms with E-state index < -0.39 is 0 Å². The van der Waals surface area contributed by atoms with Crippen LogP contribution in [0.4, 0.5) is 0 Å². The first-order chi connectivity index (χ1) is 11.2. The molecule has 0 aliphatic carbocycles. The smallest absolute Gasteiger partial charge is 0.340 e. The Morgan fingerprint density at radius 3 is 2.39 bits per heavy atom. The topological polar surface area (TPSA) is 26.3 Å². The molecule has 0 bridgehead atoms. The summed E-state index contributed by atoms with van der Waals surface area (Å²) in [6.07, 6.45) is 0. The van der Waals surface area contributed by atoms with Crippen molar-refractivity contribution in [3.05, 3.63) is 70.6 Å². The molecule has 23 heavy (non-hydrogen) atoms. The number of thiophene rings is 1. The minimum Gasteiger partial charge on any atom is -0.462 e. The molecule has 1 aromatic heterocycles. The van der Waals surface area contributed by atoms with Crippen molar-refractivity contribution in [2.75, 3.05) is 6.61 Å². The third-order valence-electron chi connectivity index (χ3n) is 3.46. The summed E-state index contributed by atoms with van der Waals surface area (Å²) in [5.41, 5.74) is 3.46. The van der Waals surface area contributed by atoms with Crippen LogP contribution in [-0.4, -0.2) is 12.6 Å². The van der Waals surface area contributed by atoms with E-state index in [4.69, 9.17) is 16.3 Å². The van der Waals surface area contributed by atoms with Gasteiger partial charge in [-0.15, -0.1) is 11.3 Å².